The number of thiophene rings is 1. The van der Waals surface area contributed by atoms with Gasteiger partial charge in [-0.25, -0.2) is 0 Å². The molecule has 4 aromatic rings. The number of hydroxylamine groups is 3. The molecule has 34 heavy (non-hydrogen) atoms. The first-order chi connectivity index (χ1) is 16.5. The highest BCUT2D eigenvalue weighted by Crippen LogP contribution is 2.41. The largest absolute Gasteiger partial charge is 0.633 e. The predicted octanol–water partition coefficient (Wildman–Crippen LogP) is 6.45. The van der Waals surface area contributed by atoms with Crippen molar-refractivity contribution in [3.8, 4) is 27.7 Å². The number of quaternary nitrogens is 1. The summed E-state index contributed by atoms with van der Waals surface area (Å²) in [5, 5.41) is 33.5. The Morgan fingerprint density at radius 1 is 0.853 bits per heavy atom. The molecule has 0 unspecified atom stereocenters. The highest BCUT2D eigenvalue weighted by molar-refractivity contribution is 7.22. The first-order valence-electron chi connectivity index (χ1n) is 11.8. The summed E-state index contributed by atoms with van der Waals surface area (Å²) in [5.74, 6) is 1.28. The minimum absolute atomic E-state index is 0.126. The van der Waals surface area contributed by atoms with Crippen molar-refractivity contribution in [1.29, 1.82) is 0 Å². The zero-order valence-corrected chi connectivity index (χ0v) is 19.9. The Labute approximate surface area is 203 Å². The highest BCUT2D eigenvalue weighted by Gasteiger charge is 2.20. The molecule has 1 aromatic heterocycles. The number of ether oxygens (including phenoxy) is 1. The molecule has 0 bridgehead atoms. The first kappa shape index (κ1) is 22.7. The van der Waals surface area contributed by atoms with Gasteiger partial charge in [0.15, 0.2) is 0 Å². The Kier molecular flexibility index (Phi) is 6.46. The molecule has 1 aliphatic heterocycles. The van der Waals surface area contributed by atoms with Crippen LogP contribution < -0.4 is 4.74 Å². The summed E-state index contributed by atoms with van der Waals surface area (Å²) in [7, 11) is 0. The lowest BCUT2D eigenvalue weighted by Gasteiger charge is -2.45. The summed E-state index contributed by atoms with van der Waals surface area (Å²) in [5.41, 5.74) is 3.39. The lowest BCUT2D eigenvalue weighted by molar-refractivity contribution is -0.885. The third-order valence-electron chi connectivity index (χ3n) is 6.61. The molecule has 5 nitrogen and oxygen atoms in total. The van der Waals surface area contributed by atoms with E-state index < -0.39 is 0 Å². The fourth-order valence-corrected chi connectivity index (χ4v) is 5.97. The van der Waals surface area contributed by atoms with Crippen molar-refractivity contribution in [2.75, 3.05) is 26.2 Å². The number of benzene rings is 3. The Morgan fingerprint density at radius 3 is 2.29 bits per heavy atom. The van der Waals surface area contributed by atoms with Gasteiger partial charge in [-0.15, -0.1) is 11.3 Å². The topological polar surface area (TPSA) is 72.8 Å². The smallest absolute Gasteiger partial charge is 0.137 e. The molecule has 0 spiro atoms. The second kappa shape index (κ2) is 9.66. The van der Waals surface area contributed by atoms with Crippen LogP contribution in [0.5, 0.6) is 17.2 Å². The fraction of sp³-hybridized carbons (Fsp3) is 0.286. The second-order valence-corrected chi connectivity index (χ2v) is 10.1. The van der Waals surface area contributed by atoms with Crippen LogP contribution in [-0.2, 0) is 6.42 Å². The highest BCUT2D eigenvalue weighted by atomic mass is 32.1. The van der Waals surface area contributed by atoms with Gasteiger partial charge in [0.1, 0.15) is 30.4 Å². The summed E-state index contributed by atoms with van der Waals surface area (Å²) >= 11 is 1.65. The standard InChI is InChI=1S/C28H29NO4S/c30-22-8-6-21(7-9-22)28-26(25-13-10-23(31)19-27(25)34-28)18-20-4-11-24(12-5-20)33-17-16-29(32)14-2-1-3-15-29/h4-13,19,30-31H,1-3,14-18H2. The van der Waals surface area contributed by atoms with Crippen LogP contribution >= 0.6 is 11.3 Å². The van der Waals surface area contributed by atoms with E-state index in [1.807, 2.05) is 30.3 Å². The van der Waals surface area contributed by atoms with Crippen LogP contribution in [0.25, 0.3) is 20.5 Å². The van der Waals surface area contributed by atoms with E-state index in [0.29, 0.717) is 26.2 Å². The molecular weight excluding hydrogens is 446 g/mol. The van der Waals surface area contributed by atoms with Gasteiger partial charge in [-0.1, -0.05) is 12.1 Å². The number of nitrogens with zero attached hydrogens (tertiary/aromatic N) is 1. The van der Waals surface area contributed by atoms with Crippen LogP contribution in [0.1, 0.15) is 30.4 Å². The maximum absolute atomic E-state index is 12.7. The van der Waals surface area contributed by atoms with Crippen LogP contribution in [0, 0.1) is 5.21 Å². The number of rotatable bonds is 7. The molecule has 1 saturated heterocycles. The molecule has 3 aromatic carbocycles. The van der Waals surface area contributed by atoms with Crippen molar-refractivity contribution in [2.24, 2.45) is 0 Å². The molecule has 0 aliphatic carbocycles. The van der Waals surface area contributed by atoms with E-state index in [4.69, 9.17) is 4.74 Å². The zero-order valence-electron chi connectivity index (χ0n) is 19.1. The number of piperidine rings is 1. The Balaban J connectivity index is 1.33. The summed E-state index contributed by atoms with van der Waals surface area (Å²) in [6.45, 7) is 2.36. The average molecular weight is 476 g/mol. The molecule has 1 fully saturated rings. The van der Waals surface area contributed by atoms with Gasteiger partial charge in [-0.05, 0) is 102 Å². The van der Waals surface area contributed by atoms with Crippen LogP contribution in [0.15, 0.2) is 66.7 Å². The van der Waals surface area contributed by atoms with Gasteiger partial charge in [-0.2, -0.15) is 0 Å². The van der Waals surface area contributed by atoms with Crippen molar-refractivity contribution < 1.29 is 19.6 Å². The molecule has 0 radical (unpaired) electrons. The molecule has 1 aliphatic rings. The van der Waals surface area contributed by atoms with Gasteiger partial charge in [0.05, 0.1) is 13.1 Å². The van der Waals surface area contributed by atoms with Gasteiger partial charge in [0.2, 0.25) is 0 Å². The third kappa shape index (κ3) is 5.04. The van der Waals surface area contributed by atoms with E-state index in [1.165, 1.54) is 12.0 Å². The third-order valence-corrected chi connectivity index (χ3v) is 7.85. The number of aromatic hydroxyl groups is 2. The first-order valence-corrected chi connectivity index (χ1v) is 12.6. The van der Waals surface area contributed by atoms with Crippen molar-refractivity contribution >= 4 is 21.4 Å². The Bertz CT molecular complexity index is 1260. The molecule has 5 rings (SSSR count). The Morgan fingerprint density at radius 2 is 1.56 bits per heavy atom. The Hall–Kier alpha value is -3.06. The summed E-state index contributed by atoms with van der Waals surface area (Å²) < 4.78 is 6.79. The summed E-state index contributed by atoms with van der Waals surface area (Å²) in [4.78, 5) is 1.13. The van der Waals surface area contributed by atoms with Gasteiger partial charge in [0.25, 0.3) is 0 Å². The lowest BCUT2D eigenvalue weighted by atomic mass is 9.99. The molecule has 0 atom stereocenters. The molecule has 2 N–H and O–H groups in total. The van der Waals surface area contributed by atoms with E-state index in [0.717, 1.165) is 51.1 Å². The fourth-order valence-electron chi connectivity index (χ4n) is 4.71. The predicted molar refractivity (Wildman–Crippen MR) is 137 cm³/mol. The minimum Gasteiger partial charge on any atom is -0.633 e. The number of fused-ring (bicyclic) bond motifs is 1. The van der Waals surface area contributed by atoms with Gasteiger partial charge < -0.3 is 24.8 Å². The van der Waals surface area contributed by atoms with Gasteiger partial charge >= 0.3 is 0 Å². The van der Waals surface area contributed by atoms with Crippen molar-refractivity contribution in [2.45, 2.75) is 25.7 Å². The number of likely N-dealkylation sites (tertiary alicyclic amines) is 1. The van der Waals surface area contributed by atoms with Crippen molar-refractivity contribution in [3.05, 3.63) is 83.1 Å². The van der Waals surface area contributed by atoms with Gasteiger partial charge in [-0.3, -0.25) is 0 Å². The van der Waals surface area contributed by atoms with Gasteiger partial charge in [0, 0.05) is 9.58 Å². The summed E-state index contributed by atoms with van der Waals surface area (Å²) in [6, 6.07) is 20.8. The number of hydrogen-bond donors (Lipinski definition) is 2. The van der Waals surface area contributed by atoms with Crippen molar-refractivity contribution in [1.82, 2.24) is 0 Å². The zero-order chi connectivity index (χ0) is 23.5. The minimum atomic E-state index is -0.126. The normalized spacial score (nSPS) is 15.4. The van der Waals surface area contributed by atoms with E-state index in [1.54, 1.807) is 35.6 Å². The second-order valence-electron chi connectivity index (χ2n) is 9.10. The quantitative estimate of drug-likeness (QED) is 0.238. The SMILES string of the molecule is [O-][N+]1(CCOc2ccc(Cc3c(-c4ccc(O)cc4)sc4cc(O)ccc34)cc2)CCCCC1. The monoisotopic (exact) mass is 475 g/mol. The van der Waals surface area contributed by atoms with Crippen molar-refractivity contribution in [3.63, 3.8) is 0 Å². The lowest BCUT2D eigenvalue weighted by Crippen LogP contribution is -2.48. The van der Waals surface area contributed by atoms with Crippen LogP contribution in [0.3, 0.4) is 0 Å². The molecule has 0 amide bonds. The number of phenols is 2. The van der Waals surface area contributed by atoms with E-state index >= 15 is 0 Å². The number of hydrogen-bond acceptors (Lipinski definition) is 5. The molecule has 2 heterocycles. The van der Waals surface area contributed by atoms with Crippen LogP contribution in [-0.4, -0.2) is 41.1 Å². The average Bonchev–Trinajstić information content (AvgIpc) is 3.18. The van der Waals surface area contributed by atoms with Crippen LogP contribution in [0.2, 0.25) is 0 Å². The summed E-state index contributed by atoms with van der Waals surface area (Å²) in [6.07, 6.45) is 3.93. The van der Waals surface area contributed by atoms with Crippen LogP contribution in [0.4, 0.5) is 0 Å². The molecule has 0 saturated carbocycles. The molecule has 6 heteroatoms. The number of phenolic OH excluding ortho intramolecular Hbond substituents is 2. The van der Waals surface area contributed by atoms with E-state index in [9.17, 15) is 15.4 Å². The molecular formula is C28H29NO4S. The van der Waals surface area contributed by atoms with E-state index in [-0.39, 0.29) is 16.1 Å². The maximum atomic E-state index is 12.7. The maximum Gasteiger partial charge on any atom is 0.137 e. The van der Waals surface area contributed by atoms with E-state index in [2.05, 4.69) is 12.1 Å². The molecule has 176 valence electrons.